The largest absolute Gasteiger partial charge is 0.308 e. The molecule has 1 heterocycles. The van der Waals surface area contributed by atoms with Crippen LogP contribution in [0.5, 0.6) is 0 Å². The van der Waals surface area contributed by atoms with Gasteiger partial charge in [-0.15, -0.1) is 0 Å². The molecule has 0 fully saturated rings. The van der Waals surface area contributed by atoms with Gasteiger partial charge in [0.1, 0.15) is 5.82 Å². The second-order valence-electron chi connectivity index (χ2n) is 3.62. The Labute approximate surface area is 89.3 Å². The van der Waals surface area contributed by atoms with Crippen LogP contribution in [0, 0.1) is 0 Å². The molecule has 1 aromatic carbocycles. The van der Waals surface area contributed by atoms with Crippen LogP contribution in [0.15, 0.2) is 30.3 Å². The van der Waals surface area contributed by atoms with Crippen molar-refractivity contribution in [3.63, 3.8) is 0 Å². The monoisotopic (exact) mass is 201 g/mol. The predicted octanol–water partition coefficient (Wildman–Crippen LogP) is 2.47. The number of nitrogens with one attached hydrogen (secondary N) is 1. The Kier molecular flexibility index (Phi) is 2.83. The normalized spacial score (nSPS) is 10.5. The van der Waals surface area contributed by atoms with Crippen molar-refractivity contribution >= 4 is 16.7 Å². The first-order valence-electron chi connectivity index (χ1n) is 5.20. The Morgan fingerprint density at radius 2 is 2.13 bits per heavy atom. The summed E-state index contributed by atoms with van der Waals surface area (Å²) in [4.78, 5) is 4.36. The molecule has 2 rings (SSSR count). The zero-order chi connectivity index (χ0) is 10.7. The molecular formula is C12H15N3. The molecule has 78 valence electrons. The van der Waals surface area contributed by atoms with E-state index in [0.29, 0.717) is 5.82 Å². The lowest BCUT2D eigenvalue weighted by Crippen LogP contribution is -2.08. The van der Waals surface area contributed by atoms with Gasteiger partial charge >= 0.3 is 0 Å². The molecule has 3 N–H and O–H groups in total. The third-order valence-corrected chi connectivity index (χ3v) is 2.44. The van der Waals surface area contributed by atoms with Gasteiger partial charge in [0.2, 0.25) is 0 Å². The molecule has 1 aromatic heterocycles. The number of hydrogen-bond acceptors (Lipinski definition) is 3. The van der Waals surface area contributed by atoms with Crippen LogP contribution >= 0.6 is 0 Å². The minimum absolute atomic E-state index is 0.700. The average molecular weight is 201 g/mol. The van der Waals surface area contributed by atoms with Crippen LogP contribution in [0.2, 0.25) is 0 Å². The first kappa shape index (κ1) is 9.93. The van der Waals surface area contributed by atoms with Crippen LogP contribution in [0.4, 0.5) is 5.82 Å². The standard InChI is InChI=1S/C12H15N3/c1-2-3-9-4-6-11-10(8-9)5-7-12(14-11)15-13/h4-8H,2-3,13H2,1H3,(H,14,15). The van der Waals surface area contributed by atoms with Gasteiger partial charge in [-0.05, 0) is 36.2 Å². The van der Waals surface area contributed by atoms with Crippen molar-refractivity contribution in [2.45, 2.75) is 19.8 Å². The molecule has 3 nitrogen and oxygen atoms in total. The molecule has 3 heteroatoms. The minimum atomic E-state index is 0.700. The fourth-order valence-electron chi connectivity index (χ4n) is 1.70. The van der Waals surface area contributed by atoms with E-state index in [4.69, 9.17) is 5.84 Å². The summed E-state index contributed by atoms with van der Waals surface area (Å²) < 4.78 is 0. The van der Waals surface area contributed by atoms with Crippen molar-refractivity contribution in [1.82, 2.24) is 4.98 Å². The molecule has 0 spiro atoms. The Hall–Kier alpha value is -1.61. The van der Waals surface area contributed by atoms with Crippen molar-refractivity contribution in [1.29, 1.82) is 0 Å². The van der Waals surface area contributed by atoms with E-state index >= 15 is 0 Å². The molecule has 0 aliphatic heterocycles. The molecule has 0 saturated carbocycles. The first-order valence-corrected chi connectivity index (χ1v) is 5.20. The zero-order valence-electron chi connectivity index (χ0n) is 8.83. The van der Waals surface area contributed by atoms with Gasteiger partial charge < -0.3 is 5.43 Å². The van der Waals surface area contributed by atoms with Gasteiger partial charge in [0.05, 0.1) is 5.52 Å². The molecular weight excluding hydrogens is 186 g/mol. The van der Waals surface area contributed by atoms with Crippen molar-refractivity contribution in [3.05, 3.63) is 35.9 Å². The highest BCUT2D eigenvalue weighted by Gasteiger charge is 1.98. The Morgan fingerprint density at radius 1 is 1.27 bits per heavy atom. The van der Waals surface area contributed by atoms with E-state index in [9.17, 15) is 0 Å². The quantitative estimate of drug-likeness (QED) is 0.592. The van der Waals surface area contributed by atoms with Gasteiger partial charge in [0.25, 0.3) is 0 Å². The number of hydrazine groups is 1. The summed E-state index contributed by atoms with van der Waals surface area (Å²) >= 11 is 0. The van der Waals surface area contributed by atoms with Crippen LogP contribution in [0.3, 0.4) is 0 Å². The SMILES string of the molecule is CCCc1ccc2nc(NN)ccc2c1. The highest BCUT2D eigenvalue weighted by Crippen LogP contribution is 2.17. The molecule has 0 radical (unpaired) electrons. The molecule has 2 aromatic rings. The summed E-state index contributed by atoms with van der Waals surface area (Å²) in [6.07, 6.45) is 2.29. The van der Waals surface area contributed by atoms with E-state index in [1.165, 1.54) is 17.4 Å². The smallest absolute Gasteiger partial charge is 0.140 e. The van der Waals surface area contributed by atoms with E-state index in [1.54, 1.807) is 0 Å². The van der Waals surface area contributed by atoms with Crippen LogP contribution in [-0.2, 0) is 6.42 Å². The molecule has 15 heavy (non-hydrogen) atoms. The van der Waals surface area contributed by atoms with Gasteiger partial charge in [0.15, 0.2) is 0 Å². The lowest BCUT2D eigenvalue weighted by atomic mass is 10.1. The number of hydrogen-bond donors (Lipinski definition) is 2. The van der Waals surface area contributed by atoms with Gasteiger partial charge in [-0.1, -0.05) is 19.4 Å². The number of aromatic nitrogens is 1. The number of fused-ring (bicyclic) bond motifs is 1. The van der Waals surface area contributed by atoms with Gasteiger partial charge in [-0.2, -0.15) is 0 Å². The van der Waals surface area contributed by atoms with Crippen LogP contribution in [-0.4, -0.2) is 4.98 Å². The summed E-state index contributed by atoms with van der Waals surface area (Å²) in [5.41, 5.74) is 4.89. The summed E-state index contributed by atoms with van der Waals surface area (Å²) in [6, 6.07) is 10.3. The maximum absolute atomic E-state index is 5.31. The number of rotatable bonds is 3. The third-order valence-electron chi connectivity index (χ3n) is 2.44. The van der Waals surface area contributed by atoms with Crippen LogP contribution in [0.1, 0.15) is 18.9 Å². The highest BCUT2D eigenvalue weighted by atomic mass is 15.2. The Morgan fingerprint density at radius 3 is 2.87 bits per heavy atom. The van der Waals surface area contributed by atoms with E-state index in [2.05, 4.69) is 29.5 Å². The fourth-order valence-corrected chi connectivity index (χ4v) is 1.70. The maximum atomic E-state index is 5.31. The third kappa shape index (κ3) is 2.07. The molecule has 0 aliphatic rings. The molecule has 0 atom stereocenters. The molecule has 0 aliphatic carbocycles. The first-order chi connectivity index (χ1) is 7.33. The number of aryl methyl sites for hydroxylation is 1. The predicted molar refractivity (Wildman–Crippen MR) is 63.5 cm³/mol. The Balaban J connectivity index is 2.45. The van der Waals surface area contributed by atoms with E-state index in [-0.39, 0.29) is 0 Å². The number of pyridine rings is 1. The minimum Gasteiger partial charge on any atom is -0.308 e. The maximum Gasteiger partial charge on any atom is 0.140 e. The second kappa shape index (κ2) is 4.28. The van der Waals surface area contributed by atoms with Crippen LogP contribution < -0.4 is 11.3 Å². The van der Waals surface area contributed by atoms with Gasteiger partial charge in [0, 0.05) is 5.39 Å². The number of anilines is 1. The van der Waals surface area contributed by atoms with Gasteiger partial charge in [-0.3, -0.25) is 0 Å². The molecule has 0 bridgehead atoms. The van der Waals surface area contributed by atoms with E-state index < -0.39 is 0 Å². The van der Waals surface area contributed by atoms with Crippen molar-refractivity contribution in [3.8, 4) is 0 Å². The summed E-state index contributed by atoms with van der Waals surface area (Å²) in [5.74, 6) is 6.01. The van der Waals surface area contributed by atoms with Crippen molar-refractivity contribution in [2.24, 2.45) is 5.84 Å². The van der Waals surface area contributed by atoms with Crippen LogP contribution in [0.25, 0.3) is 10.9 Å². The van der Waals surface area contributed by atoms with E-state index in [1.807, 2.05) is 18.2 Å². The Bertz CT molecular complexity index is 465. The number of nitrogen functional groups attached to an aromatic ring is 1. The summed E-state index contributed by atoms with van der Waals surface area (Å²) in [7, 11) is 0. The zero-order valence-corrected chi connectivity index (χ0v) is 8.83. The second-order valence-corrected chi connectivity index (χ2v) is 3.62. The average Bonchev–Trinajstić information content (AvgIpc) is 2.29. The number of nitrogens with two attached hydrogens (primary N) is 1. The fraction of sp³-hybridized carbons (Fsp3) is 0.250. The van der Waals surface area contributed by atoms with Crippen molar-refractivity contribution in [2.75, 3.05) is 5.43 Å². The molecule has 0 saturated heterocycles. The number of nitrogens with zero attached hydrogens (tertiary/aromatic N) is 1. The summed E-state index contributed by atoms with van der Waals surface area (Å²) in [5, 5.41) is 1.17. The lowest BCUT2D eigenvalue weighted by molar-refractivity contribution is 0.923. The molecule has 0 amide bonds. The lowest BCUT2D eigenvalue weighted by Gasteiger charge is -2.04. The summed E-state index contributed by atoms with van der Waals surface area (Å²) in [6.45, 7) is 2.18. The van der Waals surface area contributed by atoms with E-state index in [0.717, 1.165) is 11.9 Å². The topological polar surface area (TPSA) is 50.9 Å². The van der Waals surface area contributed by atoms with Crippen molar-refractivity contribution < 1.29 is 0 Å². The van der Waals surface area contributed by atoms with Gasteiger partial charge in [-0.25, -0.2) is 10.8 Å². The highest BCUT2D eigenvalue weighted by molar-refractivity contribution is 5.80. The number of benzene rings is 1. The molecule has 0 unspecified atom stereocenters.